The van der Waals surface area contributed by atoms with Gasteiger partial charge in [-0.25, -0.2) is 0 Å². The number of hydrogen-bond acceptors (Lipinski definition) is 6. The van der Waals surface area contributed by atoms with Crippen LogP contribution in [0.1, 0.15) is 43.4 Å². The average Bonchev–Trinajstić information content (AvgIpc) is 3.10. The third-order valence-electron chi connectivity index (χ3n) is 7.40. The van der Waals surface area contributed by atoms with Gasteiger partial charge in [-0.3, -0.25) is 14.6 Å². The molecular weight excluding hydrogens is 454 g/mol. The largest absolute Gasteiger partial charge is 0.493 e. The van der Waals surface area contributed by atoms with Gasteiger partial charge < -0.3 is 19.1 Å². The van der Waals surface area contributed by atoms with E-state index in [9.17, 15) is 4.79 Å². The maximum absolute atomic E-state index is 12.9. The van der Waals surface area contributed by atoms with Gasteiger partial charge in [-0.1, -0.05) is 18.2 Å². The lowest BCUT2D eigenvalue weighted by Gasteiger charge is -2.34. The zero-order valence-corrected chi connectivity index (χ0v) is 22.3. The van der Waals surface area contributed by atoms with Crippen LogP contribution in [-0.4, -0.2) is 74.2 Å². The lowest BCUT2D eigenvalue weighted by molar-refractivity contribution is -0.137. The van der Waals surface area contributed by atoms with E-state index in [-0.39, 0.29) is 5.92 Å². The van der Waals surface area contributed by atoms with Crippen molar-refractivity contribution in [3.8, 4) is 17.2 Å². The Hall–Kier alpha value is -2.77. The minimum absolute atomic E-state index is 0.108. The molecule has 1 amide bonds. The minimum atomic E-state index is 0.108. The van der Waals surface area contributed by atoms with Crippen LogP contribution in [0.4, 0.5) is 0 Å². The van der Waals surface area contributed by atoms with E-state index < -0.39 is 0 Å². The number of rotatable bonds is 9. The van der Waals surface area contributed by atoms with Crippen molar-refractivity contribution in [2.45, 2.75) is 46.3 Å². The molecule has 0 N–H and O–H groups in total. The first-order chi connectivity index (χ1) is 17.6. The molecule has 2 aliphatic rings. The number of amides is 1. The Bertz CT molecular complexity index is 1020. The van der Waals surface area contributed by atoms with Gasteiger partial charge in [0.05, 0.1) is 20.1 Å². The van der Waals surface area contributed by atoms with Crippen LogP contribution in [0.3, 0.4) is 0 Å². The quantitative estimate of drug-likeness (QED) is 0.520. The summed E-state index contributed by atoms with van der Waals surface area (Å²) < 4.78 is 17.2. The highest BCUT2D eigenvalue weighted by molar-refractivity contribution is 5.79. The van der Waals surface area contributed by atoms with Crippen LogP contribution in [-0.2, 0) is 24.4 Å². The number of ether oxygens (including phenoxy) is 3. The second-order valence-corrected chi connectivity index (χ2v) is 9.74. The maximum atomic E-state index is 12.9. The van der Waals surface area contributed by atoms with Crippen molar-refractivity contribution in [2.75, 3.05) is 53.6 Å². The van der Waals surface area contributed by atoms with Gasteiger partial charge in [0, 0.05) is 56.9 Å². The number of para-hydroxylation sites is 1. The molecule has 7 nitrogen and oxygen atoms in total. The fourth-order valence-corrected chi connectivity index (χ4v) is 5.51. The van der Waals surface area contributed by atoms with Crippen molar-refractivity contribution < 1.29 is 19.0 Å². The van der Waals surface area contributed by atoms with E-state index in [1.54, 1.807) is 14.2 Å². The van der Waals surface area contributed by atoms with Crippen LogP contribution in [0.5, 0.6) is 17.2 Å². The van der Waals surface area contributed by atoms with Gasteiger partial charge in [-0.2, -0.15) is 0 Å². The second kappa shape index (κ2) is 12.5. The van der Waals surface area contributed by atoms with E-state index in [1.807, 2.05) is 17.0 Å². The first-order valence-corrected chi connectivity index (χ1v) is 13.2. The van der Waals surface area contributed by atoms with Gasteiger partial charge in [0.25, 0.3) is 0 Å². The molecule has 4 rings (SSSR count). The molecule has 0 spiro atoms. The molecule has 0 unspecified atom stereocenters. The van der Waals surface area contributed by atoms with Gasteiger partial charge in [0.15, 0.2) is 11.5 Å². The Balaban J connectivity index is 1.44. The smallest absolute Gasteiger partial charge is 0.226 e. The van der Waals surface area contributed by atoms with Crippen LogP contribution < -0.4 is 14.2 Å². The second-order valence-electron chi connectivity index (χ2n) is 9.74. The van der Waals surface area contributed by atoms with Gasteiger partial charge >= 0.3 is 0 Å². The lowest BCUT2D eigenvalue weighted by atomic mass is 9.95. The number of nitrogens with zero attached hydrogens (tertiary/aromatic N) is 3. The molecule has 1 atom stereocenters. The van der Waals surface area contributed by atoms with Crippen molar-refractivity contribution in [3.05, 3.63) is 53.1 Å². The number of benzene rings is 2. The van der Waals surface area contributed by atoms with Crippen LogP contribution in [0.25, 0.3) is 0 Å². The molecule has 0 bridgehead atoms. The van der Waals surface area contributed by atoms with Crippen LogP contribution in [0.2, 0.25) is 0 Å². The van der Waals surface area contributed by atoms with E-state index in [0.29, 0.717) is 12.5 Å². The summed E-state index contributed by atoms with van der Waals surface area (Å²) in [4.78, 5) is 19.7. The standard InChI is InChI=1S/C29H41N3O4/c1-5-32(6-2)29(33)24-10-8-14-30(20-24)18-22-12-13-26-25(17-22)21-31(15-16-36-26)19-23-9-7-11-27(34-3)28(23)35-4/h7,9,11-13,17,24H,5-6,8,10,14-16,18-21H2,1-4H3/t24-/m0/s1. The molecule has 2 aromatic carbocycles. The predicted molar refractivity (Wildman–Crippen MR) is 142 cm³/mol. The van der Waals surface area contributed by atoms with Crippen LogP contribution in [0.15, 0.2) is 36.4 Å². The monoisotopic (exact) mass is 495 g/mol. The van der Waals surface area contributed by atoms with E-state index in [2.05, 4.69) is 47.9 Å². The SMILES string of the molecule is CCN(CC)C(=O)[C@H]1CCCN(Cc2ccc3c(c2)CN(Cc2cccc(OC)c2OC)CCO3)C1. The fourth-order valence-electron chi connectivity index (χ4n) is 5.51. The first kappa shape index (κ1) is 26.3. The Morgan fingerprint density at radius 2 is 1.89 bits per heavy atom. The summed E-state index contributed by atoms with van der Waals surface area (Å²) in [7, 11) is 3.36. The van der Waals surface area contributed by atoms with Crippen molar-refractivity contribution >= 4 is 5.91 Å². The summed E-state index contributed by atoms with van der Waals surface area (Å²) >= 11 is 0. The molecule has 0 aliphatic carbocycles. The van der Waals surface area contributed by atoms with E-state index in [1.165, 1.54) is 11.1 Å². The zero-order valence-electron chi connectivity index (χ0n) is 22.3. The van der Waals surface area contributed by atoms with Crippen molar-refractivity contribution in [1.82, 2.24) is 14.7 Å². The molecule has 1 saturated heterocycles. The molecule has 0 saturated carbocycles. The molecule has 2 aliphatic heterocycles. The molecule has 1 fully saturated rings. The van der Waals surface area contributed by atoms with Crippen LogP contribution in [0, 0.1) is 5.92 Å². The highest BCUT2D eigenvalue weighted by Crippen LogP contribution is 2.33. The average molecular weight is 496 g/mol. The molecule has 196 valence electrons. The number of hydrogen-bond donors (Lipinski definition) is 0. The summed E-state index contributed by atoms with van der Waals surface area (Å²) in [6, 6.07) is 12.6. The molecule has 2 aromatic rings. The first-order valence-electron chi connectivity index (χ1n) is 13.2. The Kier molecular flexibility index (Phi) is 9.10. The van der Waals surface area contributed by atoms with Gasteiger partial charge in [0.2, 0.25) is 5.91 Å². The van der Waals surface area contributed by atoms with Crippen molar-refractivity contribution in [1.29, 1.82) is 0 Å². The number of fused-ring (bicyclic) bond motifs is 1. The Labute approximate surface area is 215 Å². The molecule has 2 heterocycles. The molecule has 0 aromatic heterocycles. The maximum Gasteiger partial charge on any atom is 0.226 e. The van der Waals surface area contributed by atoms with E-state index in [0.717, 1.165) is 88.0 Å². The molecule has 0 radical (unpaired) electrons. The minimum Gasteiger partial charge on any atom is -0.493 e. The number of likely N-dealkylation sites (tertiary alicyclic amines) is 1. The summed E-state index contributed by atoms with van der Waals surface area (Å²) in [5.74, 6) is 2.92. The summed E-state index contributed by atoms with van der Waals surface area (Å²) in [5, 5.41) is 0. The highest BCUT2D eigenvalue weighted by atomic mass is 16.5. The number of piperidine rings is 1. The summed E-state index contributed by atoms with van der Waals surface area (Å²) in [5.41, 5.74) is 3.59. The number of methoxy groups -OCH3 is 2. The number of carbonyl (C=O) groups excluding carboxylic acids is 1. The summed E-state index contributed by atoms with van der Waals surface area (Å²) in [6.45, 7) is 11.5. The zero-order chi connectivity index (χ0) is 25.5. The van der Waals surface area contributed by atoms with Gasteiger partial charge in [-0.15, -0.1) is 0 Å². The molecule has 7 heteroatoms. The predicted octanol–water partition coefficient (Wildman–Crippen LogP) is 4.18. The van der Waals surface area contributed by atoms with Gasteiger partial charge in [0.1, 0.15) is 12.4 Å². The van der Waals surface area contributed by atoms with Crippen molar-refractivity contribution in [2.24, 2.45) is 5.92 Å². The third-order valence-corrected chi connectivity index (χ3v) is 7.40. The topological polar surface area (TPSA) is 54.5 Å². The Morgan fingerprint density at radius 3 is 2.64 bits per heavy atom. The van der Waals surface area contributed by atoms with Crippen molar-refractivity contribution in [3.63, 3.8) is 0 Å². The molecule has 36 heavy (non-hydrogen) atoms. The number of carbonyl (C=O) groups is 1. The lowest BCUT2D eigenvalue weighted by Crippen LogP contribution is -2.44. The third kappa shape index (κ3) is 6.13. The fraction of sp³-hybridized carbons (Fsp3) is 0.552. The highest BCUT2D eigenvalue weighted by Gasteiger charge is 2.28. The van der Waals surface area contributed by atoms with E-state index >= 15 is 0 Å². The molecular formula is C29H41N3O4. The van der Waals surface area contributed by atoms with Gasteiger partial charge in [-0.05, 0) is 57.0 Å². The Morgan fingerprint density at radius 1 is 1.06 bits per heavy atom. The normalized spacial score (nSPS) is 18.6. The summed E-state index contributed by atoms with van der Waals surface area (Å²) in [6.07, 6.45) is 2.06. The van der Waals surface area contributed by atoms with Crippen LogP contribution >= 0.6 is 0 Å². The van der Waals surface area contributed by atoms with E-state index in [4.69, 9.17) is 14.2 Å².